The summed E-state index contributed by atoms with van der Waals surface area (Å²) >= 11 is 0. The molecule has 1 heterocycles. The zero-order chi connectivity index (χ0) is 12.4. The normalized spacial score (nSPS) is 10.2. The van der Waals surface area contributed by atoms with Crippen LogP contribution in [0.15, 0.2) is 30.5 Å². The summed E-state index contributed by atoms with van der Waals surface area (Å²) in [5.41, 5.74) is 0.117. The highest BCUT2D eigenvalue weighted by Crippen LogP contribution is 2.20. The number of halogens is 2. The number of nitrogens with zero attached hydrogens (tertiary/aromatic N) is 2. The Morgan fingerprint density at radius 2 is 1.82 bits per heavy atom. The average molecular weight is 236 g/mol. The molecule has 1 aromatic carbocycles. The number of rotatable bonds is 2. The Labute approximate surface area is 94.6 Å². The molecule has 0 saturated heterocycles. The van der Waals surface area contributed by atoms with Gasteiger partial charge in [0.15, 0.2) is 5.82 Å². The molecule has 2 rings (SSSR count). The van der Waals surface area contributed by atoms with Crippen LogP contribution in [0.4, 0.5) is 8.78 Å². The number of carboxylic acid groups (broad SMARTS) is 1. The summed E-state index contributed by atoms with van der Waals surface area (Å²) < 4.78 is 26.1. The molecule has 0 amide bonds. The van der Waals surface area contributed by atoms with Gasteiger partial charge < -0.3 is 5.11 Å². The van der Waals surface area contributed by atoms with Crippen LogP contribution in [-0.2, 0) is 0 Å². The fourth-order valence-corrected chi connectivity index (χ4v) is 1.28. The SMILES string of the molecule is O=C(O)c1ncc(F)c(-c2ccc(F)cc2)n1. The van der Waals surface area contributed by atoms with Gasteiger partial charge >= 0.3 is 5.97 Å². The van der Waals surface area contributed by atoms with Crippen molar-refractivity contribution in [3.8, 4) is 11.3 Å². The van der Waals surface area contributed by atoms with E-state index >= 15 is 0 Å². The lowest BCUT2D eigenvalue weighted by Crippen LogP contribution is -2.06. The van der Waals surface area contributed by atoms with Crippen LogP contribution in [0.3, 0.4) is 0 Å². The van der Waals surface area contributed by atoms with Crippen LogP contribution < -0.4 is 0 Å². The van der Waals surface area contributed by atoms with Crippen LogP contribution >= 0.6 is 0 Å². The molecule has 17 heavy (non-hydrogen) atoms. The molecular weight excluding hydrogens is 230 g/mol. The van der Waals surface area contributed by atoms with Crippen molar-refractivity contribution in [2.24, 2.45) is 0 Å². The predicted octanol–water partition coefficient (Wildman–Crippen LogP) is 2.12. The number of aromatic nitrogens is 2. The summed E-state index contributed by atoms with van der Waals surface area (Å²) in [5, 5.41) is 8.68. The molecule has 0 saturated carbocycles. The van der Waals surface area contributed by atoms with E-state index in [2.05, 4.69) is 9.97 Å². The maximum absolute atomic E-state index is 13.4. The summed E-state index contributed by atoms with van der Waals surface area (Å²) in [5.74, 6) is -3.10. The van der Waals surface area contributed by atoms with E-state index in [0.717, 1.165) is 18.3 Å². The third-order valence-electron chi connectivity index (χ3n) is 2.05. The lowest BCUT2D eigenvalue weighted by Gasteiger charge is -2.03. The first kappa shape index (κ1) is 11.1. The van der Waals surface area contributed by atoms with Gasteiger partial charge in [0, 0.05) is 5.56 Å². The molecule has 1 aromatic heterocycles. The number of carbonyl (C=O) groups is 1. The van der Waals surface area contributed by atoms with Gasteiger partial charge in [0.05, 0.1) is 6.20 Å². The number of hydrogen-bond acceptors (Lipinski definition) is 3. The van der Waals surface area contributed by atoms with Gasteiger partial charge in [-0.3, -0.25) is 0 Å². The smallest absolute Gasteiger partial charge is 0.373 e. The Hall–Kier alpha value is -2.37. The predicted molar refractivity (Wildman–Crippen MR) is 54.3 cm³/mol. The molecule has 0 fully saturated rings. The van der Waals surface area contributed by atoms with Crippen molar-refractivity contribution in [1.82, 2.24) is 9.97 Å². The van der Waals surface area contributed by atoms with Crippen LogP contribution in [0.25, 0.3) is 11.3 Å². The highest BCUT2D eigenvalue weighted by atomic mass is 19.1. The van der Waals surface area contributed by atoms with E-state index in [4.69, 9.17) is 5.11 Å². The van der Waals surface area contributed by atoms with Crippen molar-refractivity contribution in [2.45, 2.75) is 0 Å². The molecule has 86 valence electrons. The van der Waals surface area contributed by atoms with Gasteiger partial charge in [-0.05, 0) is 24.3 Å². The van der Waals surface area contributed by atoms with Crippen molar-refractivity contribution >= 4 is 5.97 Å². The standard InChI is InChI=1S/C11H6F2N2O2/c12-7-3-1-6(2-4-7)9-8(13)5-14-10(15-9)11(16)17/h1-5H,(H,16,17). The lowest BCUT2D eigenvalue weighted by molar-refractivity contribution is 0.0683. The van der Waals surface area contributed by atoms with Gasteiger partial charge in [0.2, 0.25) is 5.82 Å². The van der Waals surface area contributed by atoms with Crippen LogP contribution in [0.5, 0.6) is 0 Å². The molecule has 0 spiro atoms. The molecule has 0 aliphatic carbocycles. The Kier molecular flexibility index (Phi) is 2.78. The Balaban J connectivity index is 2.54. The van der Waals surface area contributed by atoms with Crippen molar-refractivity contribution in [2.75, 3.05) is 0 Å². The second-order valence-electron chi connectivity index (χ2n) is 3.20. The van der Waals surface area contributed by atoms with Gasteiger partial charge in [-0.2, -0.15) is 0 Å². The summed E-state index contributed by atoms with van der Waals surface area (Å²) in [7, 11) is 0. The highest BCUT2D eigenvalue weighted by molar-refractivity contribution is 5.83. The van der Waals surface area contributed by atoms with Gasteiger partial charge in [0.1, 0.15) is 11.5 Å². The highest BCUT2D eigenvalue weighted by Gasteiger charge is 2.13. The van der Waals surface area contributed by atoms with Gasteiger partial charge in [-0.25, -0.2) is 23.5 Å². The van der Waals surface area contributed by atoms with Gasteiger partial charge in [0.25, 0.3) is 0 Å². The lowest BCUT2D eigenvalue weighted by atomic mass is 10.1. The fraction of sp³-hybridized carbons (Fsp3) is 0. The third kappa shape index (κ3) is 2.25. The van der Waals surface area contributed by atoms with Crippen molar-refractivity contribution in [3.05, 3.63) is 47.9 Å². The Morgan fingerprint density at radius 1 is 1.18 bits per heavy atom. The number of aromatic carboxylic acids is 1. The minimum absolute atomic E-state index is 0.169. The van der Waals surface area contributed by atoms with Crippen molar-refractivity contribution < 1.29 is 18.7 Å². The Morgan fingerprint density at radius 3 is 2.41 bits per heavy atom. The summed E-state index contributed by atoms with van der Waals surface area (Å²) in [6.45, 7) is 0. The van der Waals surface area contributed by atoms with Gasteiger partial charge in [-0.15, -0.1) is 0 Å². The first-order valence-electron chi connectivity index (χ1n) is 4.59. The monoisotopic (exact) mass is 236 g/mol. The molecular formula is C11H6F2N2O2. The molecule has 0 bridgehead atoms. The molecule has 4 nitrogen and oxygen atoms in total. The quantitative estimate of drug-likeness (QED) is 0.867. The third-order valence-corrected chi connectivity index (χ3v) is 2.05. The summed E-state index contributed by atoms with van der Waals surface area (Å²) in [6.07, 6.45) is 0.773. The zero-order valence-electron chi connectivity index (χ0n) is 8.39. The molecule has 0 unspecified atom stereocenters. The molecule has 0 aliphatic rings. The minimum atomic E-state index is -1.35. The van der Waals surface area contributed by atoms with E-state index < -0.39 is 23.4 Å². The second kappa shape index (κ2) is 4.25. The maximum atomic E-state index is 13.4. The van der Waals surface area contributed by atoms with E-state index in [1.807, 2.05) is 0 Å². The van der Waals surface area contributed by atoms with E-state index in [-0.39, 0.29) is 11.3 Å². The largest absolute Gasteiger partial charge is 0.475 e. The van der Waals surface area contributed by atoms with Crippen molar-refractivity contribution in [3.63, 3.8) is 0 Å². The maximum Gasteiger partial charge on any atom is 0.373 e. The number of hydrogen-bond donors (Lipinski definition) is 1. The van der Waals surface area contributed by atoms with Crippen LogP contribution in [0, 0.1) is 11.6 Å². The zero-order valence-corrected chi connectivity index (χ0v) is 8.39. The van der Waals surface area contributed by atoms with Crippen LogP contribution in [-0.4, -0.2) is 21.0 Å². The van der Waals surface area contributed by atoms with Gasteiger partial charge in [-0.1, -0.05) is 0 Å². The van der Waals surface area contributed by atoms with E-state index in [9.17, 15) is 13.6 Å². The minimum Gasteiger partial charge on any atom is -0.475 e. The topological polar surface area (TPSA) is 63.1 Å². The second-order valence-corrected chi connectivity index (χ2v) is 3.20. The van der Waals surface area contributed by atoms with Crippen molar-refractivity contribution in [1.29, 1.82) is 0 Å². The first-order chi connectivity index (χ1) is 8.08. The molecule has 6 heteroatoms. The summed E-state index contributed by atoms with van der Waals surface area (Å²) in [4.78, 5) is 17.5. The van der Waals surface area contributed by atoms with Crippen LogP contribution in [0.1, 0.15) is 10.6 Å². The van der Waals surface area contributed by atoms with E-state index in [0.29, 0.717) is 0 Å². The first-order valence-corrected chi connectivity index (χ1v) is 4.59. The van der Waals surface area contributed by atoms with Crippen LogP contribution in [0.2, 0.25) is 0 Å². The number of benzene rings is 1. The molecule has 0 radical (unpaired) electrons. The summed E-state index contributed by atoms with van der Waals surface area (Å²) in [6, 6.07) is 4.90. The average Bonchev–Trinajstić information content (AvgIpc) is 2.31. The molecule has 2 aromatic rings. The molecule has 1 N–H and O–H groups in total. The van der Waals surface area contributed by atoms with E-state index in [1.54, 1.807) is 0 Å². The Bertz CT molecular complexity index is 570. The molecule has 0 atom stereocenters. The number of carboxylic acids is 1. The molecule has 0 aliphatic heterocycles. The fourth-order valence-electron chi connectivity index (χ4n) is 1.28. The van der Waals surface area contributed by atoms with E-state index in [1.165, 1.54) is 12.1 Å².